The molecule has 0 nitrogen and oxygen atoms in total. The molecule has 2 aromatic rings. The third-order valence-corrected chi connectivity index (χ3v) is 3.47. The largest absolute Gasteiger partial charge is 0.129 e. The fraction of sp³-hybridized carbons (Fsp3) is 0.143. The molecule has 0 unspecified atom stereocenters. The molecule has 1 heteroatoms. The lowest BCUT2D eigenvalue weighted by Gasteiger charge is -2.09. The Morgan fingerprint density at radius 2 is 1.60 bits per heavy atom. The number of benzene rings is 2. The summed E-state index contributed by atoms with van der Waals surface area (Å²) in [5.41, 5.74) is 4.00. The van der Waals surface area contributed by atoms with Gasteiger partial charge in [-0.1, -0.05) is 42.5 Å². The Labute approximate surface area is 95.3 Å². The molecule has 0 bridgehead atoms. The minimum Gasteiger partial charge on any atom is -0.129 e. The lowest BCUT2D eigenvalue weighted by molar-refractivity contribution is 1.31. The highest BCUT2D eigenvalue weighted by Gasteiger charge is 2.04. The van der Waals surface area contributed by atoms with E-state index in [2.05, 4.69) is 61.7 Å². The predicted molar refractivity (Wildman–Crippen MR) is 68.4 cm³/mol. The molecule has 76 valence electrons. The van der Waals surface area contributed by atoms with Crippen molar-refractivity contribution in [3.05, 3.63) is 54.1 Å². The van der Waals surface area contributed by atoms with Gasteiger partial charge in [0.05, 0.1) is 0 Å². The van der Waals surface area contributed by atoms with Gasteiger partial charge in [-0.15, -0.1) is 11.8 Å². The highest BCUT2D eigenvalue weighted by Crippen LogP contribution is 2.29. The van der Waals surface area contributed by atoms with Gasteiger partial charge in [0, 0.05) is 4.90 Å². The second kappa shape index (κ2) is 4.54. The maximum absolute atomic E-state index is 2.19. The number of rotatable bonds is 2. The lowest BCUT2D eigenvalue weighted by atomic mass is 10.0. The van der Waals surface area contributed by atoms with E-state index < -0.39 is 0 Å². The van der Waals surface area contributed by atoms with E-state index in [1.54, 1.807) is 11.8 Å². The van der Waals surface area contributed by atoms with Crippen LogP contribution in [0.1, 0.15) is 5.56 Å². The Balaban J connectivity index is 2.54. The maximum atomic E-state index is 2.19. The number of thioether (sulfide) groups is 1. The normalized spacial score (nSPS) is 10.3. The van der Waals surface area contributed by atoms with Gasteiger partial charge in [-0.3, -0.25) is 0 Å². The fourth-order valence-corrected chi connectivity index (χ4v) is 2.40. The monoisotopic (exact) mass is 214 g/mol. The van der Waals surface area contributed by atoms with Gasteiger partial charge in [-0.25, -0.2) is 0 Å². The van der Waals surface area contributed by atoms with Crippen LogP contribution in [0.2, 0.25) is 0 Å². The predicted octanol–water partition coefficient (Wildman–Crippen LogP) is 4.38. The molecule has 0 aromatic heterocycles. The molecule has 2 rings (SSSR count). The summed E-state index contributed by atoms with van der Waals surface area (Å²) in [5, 5.41) is 0. The molecule has 0 radical (unpaired) electrons. The molecular formula is C14H14S. The van der Waals surface area contributed by atoms with E-state index >= 15 is 0 Å². The summed E-state index contributed by atoms with van der Waals surface area (Å²) in [5.74, 6) is 0. The van der Waals surface area contributed by atoms with Crippen LogP contribution < -0.4 is 0 Å². The van der Waals surface area contributed by atoms with Crippen LogP contribution in [-0.2, 0) is 0 Å². The van der Waals surface area contributed by atoms with Crippen molar-refractivity contribution in [1.29, 1.82) is 0 Å². The van der Waals surface area contributed by atoms with Gasteiger partial charge in [0.25, 0.3) is 0 Å². The fourth-order valence-electron chi connectivity index (χ4n) is 1.77. The molecular weight excluding hydrogens is 200 g/mol. The van der Waals surface area contributed by atoms with Crippen molar-refractivity contribution in [3.8, 4) is 11.1 Å². The molecule has 0 N–H and O–H groups in total. The molecule has 15 heavy (non-hydrogen) atoms. The topological polar surface area (TPSA) is 0 Å². The molecule has 0 heterocycles. The third kappa shape index (κ3) is 2.07. The van der Waals surface area contributed by atoms with Gasteiger partial charge >= 0.3 is 0 Å². The summed E-state index contributed by atoms with van der Waals surface area (Å²) in [6.45, 7) is 2.19. The van der Waals surface area contributed by atoms with Crippen molar-refractivity contribution in [2.45, 2.75) is 11.8 Å². The zero-order chi connectivity index (χ0) is 10.7. The Morgan fingerprint density at radius 1 is 0.867 bits per heavy atom. The van der Waals surface area contributed by atoms with Gasteiger partial charge in [-0.05, 0) is 35.9 Å². The van der Waals surface area contributed by atoms with Crippen LogP contribution in [0.5, 0.6) is 0 Å². The van der Waals surface area contributed by atoms with Crippen molar-refractivity contribution in [1.82, 2.24) is 0 Å². The van der Waals surface area contributed by atoms with Crippen molar-refractivity contribution < 1.29 is 0 Å². The molecule has 0 aliphatic rings. The first-order valence-corrected chi connectivity index (χ1v) is 6.24. The molecule has 0 aliphatic heterocycles. The Bertz CT molecular complexity index is 446. The highest BCUT2D eigenvalue weighted by molar-refractivity contribution is 7.98. The number of hydrogen-bond acceptors (Lipinski definition) is 1. The quantitative estimate of drug-likeness (QED) is 0.668. The van der Waals surface area contributed by atoms with Crippen LogP contribution in [0.25, 0.3) is 11.1 Å². The van der Waals surface area contributed by atoms with Gasteiger partial charge in [0.15, 0.2) is 0 Å². The van der Waals surface area contributed by atoms with Crippen molar-refractivity contribution in [2.24, 2.45) is 0 Å². The van der Waals surface area contributed by atoms with Gasteiger partial charge in [0.2, 0.25) is 0 Å². The Kier molecular flexibility index (Phi) is 3.12. The van der Waals surface area contributed by atoms with Crippen LogP contribution in [0.4, 0.5) is 0 Å². The minimum absolute atomic E-state index is 1.30. The first-order chi connectivity index (χ1) is 7.33. The zero-order valence-corrected chi connectivity index (χ0v) is 9.84. The van der Waals surface area contributed by atoms with Crippen LogP contribution in [0.15, 0.2) is 53.4 Å². The van der Waals surface area contributed by atoms with E-state index in [9.17, 15) is 0 Å². The molecule has 0 fully saturated rings. The molecule has 0 saturated carbocycles. The van der Waals surface area contributed by atoms with E-state index in [1.165, 1.54) is 21.6 Å². The summed E-state index contributed by atoms with van der Waals surface area (Å²) >= 11 is 1.80. The van der Waals surface area contributed by atoms with E-state index in [1.807, 2.05) is 0 Å². The van der Waals surface area contributed by atoms with Gasteiger partial charge < -0.3 is 0 Å². The summed E-state index contributed by atoms with van der Waals surface area (Å²) < 4.78 is 0. The average molecular weight is 214 g/mol. The molecule has 0 amide bonds. The smallest absolute Gasteiger partial charge is 0.0105 e. The van der Waals surface area contributed by atoms with Crippen LogP contribution in [0.3, 0.4) is 0 Å². The summed E-state index contributed by atoms with van der Waals surface area (Å²) in [7, 11) is 0. The molecule has 0 atom stereocenters. The van der Waals surface area contributed by atoms with E-state index in [-0.39, 0.29) is 0 Å². The van der Waals surface area contributed by atoms with Gasteiger partial charge in [-0.2, -0.15) is 0 Å². The second-order valence-electron chi connectivity index (χ2n) is 3.50. The Morgan fingerprint density at radius 3 is 2.27 bits per heavy atom. The van der Waals surface area contributed by atoms with Crippen molar-refractivity contribution in [3.63, 3.8) is 0 Å². The first kappa shape index (κ1) is 10.3. The van der Waals surface area contributed by atoms with Crippen LogP contribution in [0, 0.1) is 6.92 Å². The molecule has 0 spiro atoms. The van der Waals surface area contributed by atoms with E-state index in [0.29, 0.717) is 0 Å². The third-order valence-electron chi connectivity index (χ3n) is 2.59. The SMILES string of the molecule is CSc1cccc(-c2ccccc2)c1C. The minimum atomic E-state index is 1.30. The summed E-state index contributed by atoms with van der Waals surface area (Å²) in [4.78, 5) is 1.36. The summed E-state index contributed by atoms with van der Waals surface area (Å²) in [6.07, 6.45) is 2.12. The molecule has 2 aromatic carbocycles. The zero-order valence-electron chi connectivity index (χ0n) is 9.03. The maximum Gasteiger partial charge on any atom is 0.0105 e. The highest BCUT2D eigenvalue weighted by atomic mass is 32.2. The van der Waals surface area contributed by atoms with Gasteiger partial charge in [0.1, 0.15) is 0 Å². The van der Waals surface area contributed by atoms with E-state index in [4.69, 9.17) is 0 Å². The molecule has 0 saturated heterocycles. The average Bonchev–Trinajstić information content (AvgIpc) is 2.30. The van der Waals surface area contributed by atoms with Crippen molar-refractivity contribution in [2.75, 3.05) is 6.26 Å². The Hall–Kier alpha value is -1.21. The number of hydrogen-bond donors (Lipinski definition) is 0. The first-order valence-electron chi connectivity index (χ1n) is 5.02. The molecule has 0 aliphatic carbocycles. The van der Waals surface area contributed by atoms with Crippen LogP contribution in [-0.4, -0.2) is 6.26 Å². The van der Waals surface area contributed by atoms with E-state index in [0.717, 1.165) is 0 Å². The lowest BCUT2D eigenvalue weighted by Crippen LogP contribution is -1.85. The van der Waals surface area contributed by atoms with Crippen LogP contribution >= 0.6 is 11.8 Å². The standard InChI is InChI=1S/C14H14S/c1-11-13(9-6-10-14(11)15-2)12-7-4-3-5-8-12/h3-10H,1-2H3. The summed E-state index contributed by atoms with van der Waals surface area (Å²) in [6, 6.07) is 17.0. The second-order valence-corrected chi connectivity index (χ2v) is 4.35. The van der Waals surface area contributed by atoms with Crippen molar-refractivity contribution >= 4 is 11.8 Å².